The average Bonchev–Trinajstić information content (AvgIpc) is 2.72. The van der Waals surface area contributed by atoms with Crippen LogP contribution >= 0.6 is 0 Å². The van der Waals surface area contributed by atoms with Crippen LogP contribution in [-0.2, 0) is 14.9 Å². The van der Waals surface area contributed by atoms with Gasteiger partial charge in [0, 0.05) is 19.0 Å². The minimum absolute atomic E-state index is 0.282. The molecule has 0 aromatic carbocycles. The number of likely N-dealkylation sites (tertiary alicyclic amines) is 1. The van der Waals surface area contributed by atoms with E-state index in [1.54, 1.807) is 0 Å². The van der Waals surface area contributed by atoms with Gasteiger partial charge in [0.05, 0.1) is 6.26 Å². The fourth-order valence-corrected chi connectivity index (χ4v) is 2.55. The van der Waals surface area contributed by atoms with Gasteiger partial charge in [0.2, 0.25) is 5.91 Å². The Morgan fingerprint density at radius 3 is 1.95 bits per heavy atom. The van der Waals surface area contributed by atoms with Crippen molar-refractivity contribution in [3.8, 4) is 0 Å². The molecule has 1 aliphatic rings. The SMILES string of the molecule is CCCCCCCCCCN1CCC(C)C1=O.CS(=O)(=O)O. The molecule has 1 aliphatic heterocycles. The maximum atomic E-state index is 11.7. The minimum atomic E-state index is -3.67. The Morgan fingerprint density at radius 2 is 1.55 bits per heavy atom. The molecule has 0 saturated carbocycles. The van der Waals surface area contributed by atoms with Gasteiger partial charge in [-0.2, -0.15) is 8.42 Å². The highest BCUT2D eigenvalue weighted by Gasteiger charge is 2.26. The van der Waals surface area contributed by atoms with Crippen molar-refractivity contribution in [3.63, 3.8) is 0 Å². The summed E-state index contributed by atoms with van der Waals surface area (Å²) in [6.45, 7) is 6.30. The summed E-state index contributed by atoms with van der Waals surface area (Å²) in [5, 5.41) is 0. The topological polar surface area (TPSA) is 74.7 Å². The zero-order valence-electron chi connectivity index (χ0n) is 14.4. The molecule has 0 bridgehead atoms. The summed E-state index contributed by atoms with van der Waals surface area (Å²) >= 11 is 0. The molecule has 1 amide bonds. The number of rotatable bonds is 9. The van der Waals surface area contributed by atoms with Crippen molar-refractivity contribution in [2.75, 3.05) is 19.3 Å². The Hall–Kier alpha value is -0.620. The van der Waals surface area contributed by atoms with Gasteiger partial charge >= 0.3 is 0 Å². The Kier molecular flexibility index (Phi) is 11.5. The van der Waals surface area contributed by atoms with Gasteiger partial charge < -0.3 is 4.90 Å². The van der Waals surface area contributed by atoms with E-state index in [9.17, 15) is 13.2 Å². The highest BCUT2D eigenvalue weighted by molar-refractivity contribution is 7.85. The molecule has 6 heteroatoms. The first-order valence-electron chi connectivity index (χ1n) is 8.47. The monoisotopic (exact) mass is 335 g/mol. The van der Waals surface area contributed by atoms with E-state index < -0.39 is 10.1 Å². The highest BCUT2D eigenvalue weighted by Crippen LogP contribution is 2.18. The molecular weight excluding hydrogens is 302 g/mol. The lowest BCUT2D eigenvalue weighted by Gasteiger charge is -2.15. The van der Waals surface area contributed by atoms with Crippen molar-refractivity contribution in [2.24, 2.45) is 5.92 Å². The van der Waals surface area contributed by atoms with Crippen molar-refractivity contribution in [1.29, 1.82) is 0 Å². The van der Waals surface area contributed by atoms with E-state index in [4.69, 9.17) is 4.55 Å². The predicted octanol–water partition coefficient (Wildman–Crippen LogP) is 3.50. The lowest BCUT2D eigenvalue weighted by Crippen LogP contribution is -2.27. The highest BCUT2D eigenvalue weighted by atomic mass is 32.2. The van der Waals surface area contributed by atoms with Crippen LogP contribution in [0.25, 0.3) is 0 Å². The third-order valence-electron chi connectivity index (χ3n) is 3.85. The molecule has 0 aromatic rings. The first-order chi connectivity index (χ1) is 10.3. The number of hydrogen-bond acceptors (Lipinski definition) is 3. The maximum Gasteiger partial charge on any atom is 0.261 e. The molecule has 1 unspecified atom stereocenters. The van der Waals surface area contributed by atoms with Crippen LogP contribution in [0.4, 0.5) is 0 Å². The molecule has 132 valence electrons. The molecule has 1 N–H and O–H groups in total. The van der Waals surface area contributed by atoms with Gasteiger partial charge in [0.1, 0.15) is 0 Å². The zero-order valence-corrected chi connectivity index (χ0v) is 15.2. The molecule has 1 rings (SSSR count). The standard InChI is InChI=1S/C15H29NO.CH4O3S/c1-3-4-5-6-7-8-9-10-12-16-13-11-14(2)15(16)17;1-5(2,3)4/h14H,3-13H2,1-2H3;1H3,(H,2,3,4). The minimum Gasteiger partial charge on any atom is -0.342 e. The van der Waals surface area contributed by atoms with Crippen molar-refractivity contribution < 1.29 is 17.8 Å². The molecule has 1 saturated heterocycles. The van der Waals surface area contributed by atoms with Gasteiger partial charge in [-0.1, -0.05) is 58.8 Å². The van der Waals surface area contributed by atoms with Crippen LogP contribution in [0.2, 0.25) is 0 Å². The zero-order chi connectivity index (χ0) is 17.0. The molecule has 0 spiro atoms. The van der Waals surface area contributed by atoms with Crippen molar-refractivity contribution in [2.45, 2.75) is 71.6 Å². The maximum absolute atomic E-state index is 11.7. The van der Waals surface area contributed by atoms with Gasteiger partial charge in [0.15, 0.2) is 0 Å². The van der Waals surface area contributed by atoms with Gasteiger partial charge in [0.25, 0.3) is 10.1 Å². The number of carbonyl (C=O) groups is 1. The van der Waals surface area contributed by atoms with E-state index in [1.807, 2.05) is 0 Å². The lowest BCUT2D eigenvalue weighted by atomic mass is 10.1. The van der Waals surface area contributed by atoms with Crippen LogP contribution in [0.1, 0.15) is 71.6 Å². The Labute approximate surface area is 136 Å². The summed E-state index contributed by atoms with van der Waals surface area (Å²) in [6.07, 6.45) is 12.5. The summed E-state index contributed by atoms with van der Waals surface area (Å²) in [4.78, 5) is 13.7. The first-order valence-corrected chi connectivity index (χ1v) is 10.3. The fraction of sp³-hybridized carbons (Fsp3) is 0.938. The van der Waals surface area contributed by atoms with E-state index in [2.05, 4.69) is 18.7 Å². The van der Waals surface area contributed by atoms with Crippen LogP contribution in [-0.4, -0.2) is 43.1 Å². The quantitative estimate of drug-likeness (QED) is 0.517. The van der Waals surface area contributed by atoms with E-state index in [0.717, 1.165) is 19.5 Å². The third kappa shape index (κ3) is 13.1. The first kappa shape index (κ1) is 21.4. The second-order valence-corrected chi connectivity index (χ2v) is 7.69. The molecule has 1 fully saturated rings. The van der Waals surface area contributed by atoms with Crippen LogP contribution in [0.5, 0.6) is 0 Å². The number of hydrogen-bond donors (Lipinski definition) is 1. The predicted molar refractivity (Wildman–Crippen MR) is 90.4 cm³/mol. The van der Waals surface area contributed by atoms with E-state index in [-0.39, 0.29) is 5.92 Å². The van der Waals surface area contributed by atoms with Gasteiger partial charge in [-0.3, -0.25) is 9.35 Å². The molecule has 0 aliphatic carbocycles. The molecular formula is C16H33NO4S. The van der Waals surface area contributed by atoms with Crippen LogP contribution in [0, 0.1) is 5.92 Å². The van der Waals surface area contributed by atoms with Crippen LogP contribution in [0.3, 0.4) is 0 Å². The van der Waals surface area contributed by atoms with Crippen LogP contribution < -0.4 is 0 Å². The average molecular weight is 336 g/mol. The molecule has 22 heavy (non-hydrogen) atoms. The number of carbonyl (C=O) groups excluding carboxylic acids is 1. The largest absolute Gasteiger partial charge is 0.342 e. The number of amides is 1. The van der Waals surface area contributed by atoms with E-state index in [1.165, 1.54) is 51.4 Å². The van der Waals surface area contributed by atoms with Crippen LogP contribution in [0.15, 0.2) is 0 Å². The normalized spacial score (nSPS) is 18.3. The molecule has 1 atom stereocenters. The Morgan fingerprint density at radius 1 is 1.09 bits per heavy atom. The molecule has 0 aromatic heterocycles. The summed E-state index contributed by atoms with van der Waals surface area (Å²) in [6, 6.07) is 0. The van der Waals surface area contributed by atoms with E-state index in [0.29, 0.717) is 12.2 Å². The van der Waals surface area contributed by atoms with Gasteiger partial charge in [-0.15, -0.1) is 0 Å². The summed E-state index contributed by atoms with van der Waals surface area (Å²) in [7, 11) is -3.67. The third-order valence-corrected chi connectivity index (χ3v) is 3.85. The molecule has 5 nitrogen and oxygen atoms in total. The number of unbranched alkanes of at least 4 members (excludes halogenated alkanes) is 7. The molecule has 0 radical (unpaired) electrons. The Bertz CT molecular complexity index is 387. The van der Waals surface area contributed by atoms with Gasteiger partial charge in [-0.05, 0) is 12.8 Å². The van der Waals surface area contributed by atoms with Gasteiger partial charge in [-0.25, -0.2) is 0 Å². The number of nitrogens with zero attached hydrogens (tertiary/aromatic N) is 1. The van der Waals surface area contributed by atoms with E-state index >= 15 is 0 Å². The summed E-state index contributed by atoms with van der Waals surface area (Å²) in [5.41, 5.74) is 0. The lowest BCUT2D eigenvalue weighted by molar-refractivity contribution is -0.130. The smallest absolute Gasteiger partial charge is 0.261 e. The second kappa shape index (κ2) is 11.9. The van der Waals surface area contributed by atoms with Crippen molar-refractivity contribution in [3.05, 3.63) is 0 Å². The summed E-state index contributed by atoms with van der Waals surface area (Å²) in [5.74, 6) is 0.664. The molecule has 1 heterocycles. The second-order valence-electron chi connectivity index (χ2n) is 6.22. The van der Waals surface area contributed by atoms with Crippen molar-refractivity contribution in [1.82, 2.24) is 4.90 Å². The van der Waals surface area contributed by atoms with Crippen molar-refractivity contribution >= 4 is 16.0 Å². The summed E-state index contributed by atoms with van der Waals surface area (Å²) < 4.78 is 25.9. The fourth-order valence-electron chi connectivity index (χ4n) is 2.55. The Balaban J connectivity index is 0.000000763.